The zero-order valence-electron chi connectivity index (χ0n) is 19.4. The van der Waals surface area contributed by atoms with Gasteiger partial charge in [0.2, 0.25) is 0 Å². The number of Topliss-reactive ketones (excluding diaryl/α,β-unsaturated/α-hetero) is 2. The van der Waals surface area contributed by atoms with Crippen LogP contribution in [-0.4, -0.2) is 73.6 Å². The molecular formula is C25H27N3O6. The molecule has 4 rings (SSSR count). The smallest absolute Gasteiger partial charge is 0.264 e. The summed E-state index contributed by atoms with van der Waals surface area (Å²) in [5.41, 5.74) is 1.46. The van der Waals surface area contributed by atoms with Gasteiger partial charge in [-0.1, -0.05) is 6.07 Å². The molecule has 178 valence electrons. The Kier molecular flexibility index (Phi) is 6.65. The Morgan fingerprint density at radius 2 is 1.85 bits per heavy atom. The van der Waals surface area contributed by atoms with E-state index < -0.39 is 23.6 Å². The Hall–Kier alpha value is -3.72. The number of rotatable bonds is 8. The van der Waals surface area contributed by atoms with Gasteiger partial charge in [-0.2, -0.15) is 0 Å². The number of ether oxygens (including phenoxy) is 2. The van der Waals surface area contributed by atoms with E-state index in [0.717, 1.165) is 4.90 Å². The number of hydrogen-bond acceptors (Lipinski definition) is 8. The van der Waals surface area contributed by atoms with Crippen molar-refractivity contribution in [3.63, 3.8) is 0 Å². The number of carbonyl (C=O) groups excluding carboxylic acids is 4. The summed E-state index contributed by atoms with van der Waals surface area (Å²) < 4.78 is 11.3. The molecule has 0 aromatic heterocycles. The quantitative estimate of drug-likeness (QED) is 0.469. The molecule has 0 saturated heterocycles. The van der Waals surface area contributed by atoms with Crippen LogP contribution in [0.4, 0.5) is 11.4 Å². The van der Waals surface area contributed by atoms with E-state index in [2.05, 4.69) is 5.32 Å². The number of anilines is 2. The van der Waals surface area contributed by atoms with Crippen molar-refractivity contribution in [2.45, 2.75) is 25.3 Å². The molecule has 0 radical (unpaired) electrons. The van der Waals surface area contributed by atoms with E-state index in [0.29, 0.717) is 36.0 Å². The van der Waals surface area contributed by atoms with E-state index >= 15 is 0 Å². The minimum absolute atomic E-state index is 0.161. The SMILES string of the molecule is COc1ccc(Nc2cccc3c2C(=O)N(C2CCC(=O)CC2=O)C3=O)c(OCCN(C)C)c1. The van der Waals surface area contributed by atoms with Gasteiger partial charge >= 0.3 is 0 Å². The number of hydrogen-bond donors (Lipinski definition) is 1. The number of ketones is 2. The van der Waals surface area contributed by atoms with Gasteiger partial charge < -0.3 is 19.7 Å². The average Bonchev–Trinajstić information content (AvgIpc) is 3.05. The van der Waals surface area contributed by atoms with Crippen LogP contribution in [-0.2, 0) is 9.59 Å². The zero-order valence-corrected chi connectivity index (χ0v) is 19.4. The fourth-order valence-corrected chi connectivity index (χ4v) is 4.16. The molecule has 0 spiro atoms. The van der Waals surface area contributed by atoms with Crippen LogP contribution >= 0.6 is 0 Å². The first-order valence-electron chi connectivity index (χ1n) is 11.1. The topological polar surface area (TPSA) is 105 Å². The van der Waals surface area contributed by atoms with E-state index in [1.165, 1.54) is 0 Å². The van der Waals surface area contributed by atoms with Crippen LogP contribution in [0, 0.1) is 0 Å². The Morgan fingerprint density at radius 3 is 2.56 bits per heavy atom. The molecule has 2 aliphatic rings. The van der Waals surface area contributed by atoms with Gasteiger partial charge in [-0.3, -0.25) is 24.1 Å². The normalized spacial score (nSPS) is 17.9. The van der Waals surface area contributed by atoms with Crippen molar-refractivity contribution in [2.24, 2.45) is 0 Å². The first kappa shape index (κ1) is 23.4. The summed E-state index contributed by atoms with van der Waals surface area (Å²) in [6, 6.07) is 9.33. The Labute approximate surface area is 197 Å². The van der Waals surface area contributed by atoms with Crippen molar-refractivity contribution in [1.29, 1.82) is 0 Å². The third kappa shape index (κ3) is 4.51. The number of carbonyl (C=O) groups is 4. The van der Waals surface area contributed by atoms with Crippen LogP contribution in [0.5, 0.6) is 11.5 Å². The summed E-state index contributed by atoms with van der Waals surface area (Å²) in [6.07, 6.45) is 0.0886. The predicted octanol–water partition coefficient (Wildman–Crippen LogP) is 2.67. The molecule has 1 saturated carbocycles. The first-order valence-corrected chi connectivity index (χ1v) is 11.1. The lowest BCUT2D eigenvalue weighted by Crippen LogP contribution is -2.47. The molecule has 0 bridgehead atoms. The standard InChI is InChI=1S/C25H27N3O6/c1-27(2)11-12-34-22-14-16(33-3)8-9-18(22)26-19-6-4-5-17-23(19)25(32)28(24(17)31)20-10-7-15(29)13-21(20)30/h4-6,8-9,14,20,26H,7,10-13H2,1-3H3. The number of amides is 2. The highest BCUT2D eigenvalue weighted by Gasteiger charge is 2.45. The van der Waals surface area contributed by atoms with Crippen LogP contribution in [0.1, 0.15) is 40.0 Å². The molecule has 2 aromatic rings. The third-order valence-electron chi connectivity index (χ3n) is 5.95. The number of fused-ring (bicyclic) bond motifs is 1. The molecule has 1 unspecified atom stereocenters. The number of imide groups is 1. The van der Waals surface area contributed by atoms with E-state index in [4.69, 9.17) is 9.47 Å². The largest absolute Gasteiger partial charge is 0.497 e. The summed E-state index contributed by atoms with van der Waals surface area (Å²) in [4.78, 5) is 53.5. The highest BCUT2D eigenvalue weighted by atomic mass is 16.5. The van der Waals surface area contributed by atoms with Crippen LogP contribution in [0.15, 0.2) is 36.4 Å². The summed E-state index contributed by atoms with van der Waals surface area (Å²) in [5.74, 6) is -0.471. The van der Waals surface area contributed by atoms with Crippen LogP contribution in [0.3, 0.4) is 0 Å². The molecule has 2 aromatic carbocycles. The van der Waals surface area contributed by atoms with Crippen LogP contribution in [0.25, 0.3) is 0 Å². The molecular weight excluding hydrogens is 438 g/mol. The summed E-state index contributed by atoms with van der Waals surface area (Å²) in [5, 5.41) is 3.22. The molecule has 1 aliphatic heterocycles. The first-order chi connectivity index (χ1) is 16.3. The predicted molar refractivity (Wildman–Crippen MR) is 125 cm³/mol. The minimum atomic E-state index is -0.913. The molecule has 9 nitrogen and oxygen atoms in total. The Balaban J connectivity index is 1.64. The van der Waals surface area contributed by atoms with Crippen LogP contribution in [0.2, 0.25) is 0 Å². The maximum atomic E-state index is 13.3. The van der Waals surface area contributed by atoms with Crippen LogP contribution < -0.4 is 14.8 Å². The molecule has 1 atom stereocenters. The van der Waals surface area contributed by atoms with Crippen molar-refractivity contribution in [3.8, 4) is 11.5 Å². The second kappa shape index (κ2) is 9.64. The molecule has 1 heterocycles. The lowest BCUT2D eigenvalue weighted by atomic mass is 9.92. The fraction of sp³-hybridized carbons (Fsp3) is 0.360. The van der Waals surface area contributed by atoms with Crippen molar-refractivity contribution < 1.29 is 28.7 Å². The van der Waals surface area contributed by atoms with E-state index in [-0.39, 0.29) is 36.2 Å². The zero-order chi connectivity index (χ0) is 24.4. The van der Waals surface area contributed by atoms with Crippen molar-refractivity contribution in [1.82, 2.24) is 9.80 Å². The van der Waals surface area contributed by atoms with E-state index in [1.807, 2.05) is 19.0 Å². The second-order valence-electron chi connectivity index (χ2n) is 8.58. The maximum Gasteiger partial charge on any atom is 0.264 e. The van der Waals surface area contributed by atoms with Crippen molar-refractivity contribution >= 4 is 34.8 Å². The summed E-state index contributed by atoms with van der Waals surface area (Å²) >= 11 is 0. The monoisotopic (exact) mass is 465 g/mol. The summed E-state index contributed by atoms with van der Waals surface area (Å²) in [7, 11) is 5.46. The maximum absolute atomic E-state index is 13.3. The minimum Gasteiger partial charge on any atom is -0.497 e. The lowest BCUT2D eigenvalue weighted by Gasteiger charge is -2.27. The number of methoxy groups -OCH3 is 1. The average molecular weight is 466 g/mol. The van der Waals surface area contributed by atoms with Gasteiger partial charge in [0.15, 0.2) is 5.78 Å². The van der Waals surface area contributed by atoms with Gasteiger partial charge in [0, 0.05) is 19.0 Å². The van der Waals surface area contributed by atoms with Crippen molar-refractivity contribution in [2.75, 3.05) is 39.7 Å². The Bertz CT molecular complexity index is 1160. The molecule has 1 N–H and O–H groups in total. The van der Waals surface area contributed by atoms with Gasteiger partial charge in [0.05, 0.1) is 42.1 Å². The summed E-state index contributed by atoms with van der Waals surface area (Å²) in [6.45, 7) is 1.15. The number of likely N-dealkylation sites (N-methyl/N-ethyl adjacent to an activating group) is 1. The van der Waals surface area contributed by atoms with Crippen molar-refractivity contribution in [3.05, 3.63) is 47.5 Å². The highest BCUT2D eigenvalue weighted by molar-refractivity contribution is 6.26. The number of nitrogens with zero attached hydrogens (tertiary/aromatic N) is 2. The molecule has 1 aliphatic carbocycles. The Morgan fingerprint density at radius 1 is 1.06 bits per heavy atom. The third-order valence-corrected chi connectivity index (χ3v) is 5.95. The molecule has 9 heteroatoms. The highest BCUT2D eigenvalue weighted by Crippen LogP contribution is 2.37. The second-order valence-corrected chi connectivity index (χ2v) is 8.58. The number of benzene rings is 2. The van der Waals surface area contributed by atoms with Gasteiger partial charge in [-0.15, -0.1) is 0 Å². The molecule has 34 heavy (non-hydrogen) atoms. The molecule has 1 fully saturated rings. The van der Waals surface area contributed by atoms with Gasteiger partial charge in [0.1, 0.15) is 23.9 Å². The molecule has 2 amide bonds. The number of nitrogens with one attached hydrogen (secondary N) is 1. The van der Waals surface area contributed by atoms with Gasteiger partial charge in [0.25, 0.3) is 11.8 Å². The van der Waals surface area contributed by atoms with Gasteiger partial charge in [-0.05, 0) is 44.8 Å². The van der Waals surface area contributed by atoms with Gasteiger partial charge in [-0.25, -0.2) is 0 Å². The van der Waals surface area contributed by atoms with E-state index in [1.54, 1.807) is 43.5 Å². The van der Waals surface area contributed by atoms with E-state index in [9.17, 15) is 19.2 Å². The fourth-order valence-electron chi connectivity index (χ4n) is 4.16. The lowest BCUT2D eigenvalue weighted by molar-refractivity contribution is -0.132.